The second-order valence-electron chi connectivity index (χ2n) is 9.09. The molecule has 2 aliphatic carbocycles. The van der Waals surface area contributed by atoms with Crippen LogP contribution in [-0.2, 0) is 20.8 Å². The van der Waals surface area contributed by atoms with Gasteiger partial charge in [-0.1, -0.05) is 13.0 Å². The number of aromatic nitrogens is 1. The van der Waals surface area contributed by atoms with Crippen molar-refractivity contribution in [3.8, 4) is 0 Å². The monoisotopic (exact) mass is 356 g/mol. The van der Waals surface area contributed by atoms with Crippen LogP contribution in [0, 0.1) is 23.2 Å². The number of nitrogens with zero attached hydrogens (tertiary/aromatic N) is 1. The summed E-state index contributed by atoms with van der Waals surface area (Å²) >= 11 is 0. The van der Waals surface area contributed by atoms with E-state index in [9.17, 15) is 4.79 Å². The molecule has 0 amide bonds. The topological polar surface area (TPSA) is 63.8 Å². The third-order valence-electron chi connectivity index (χ3n) is 7.50. The summed E-state index contributed by atoms with van der Waals surface area (Å²) in [6, 6.07) is 4.00. The van der Waals surface area contributed by atoms with Gasteiger partial charge in [0.05, 0.1) is 18.1 Å². The maximum absolute atomic E-state index is 12.6. The van der Waals surface area contributed by atoms with Crippen molar-refractivity contribution in [2.24, 2.45) is 23.2 Å². The van der Waals surface area contributed by atoms with E-state index in [-0.39, 0.29) is 29.0 Å². The second-order valence-corrected chi connectivity index (χ2v) is 9.09. The number of epoxide rings is 1. The van der Waals surface area contributed by atoms with Gasteiger partial charge in [-0.25, -0.2) is 0 Å². The largest absolute Gasteiger partial charge is 0.462 e. The molecule has 5 nitrogen and oxygen atoms in total. The molecule has 3 heterocycles. The first-order valence-electron chi connectivity index (χ1n) is 10.0. The molecule has 1 spiro atoms. The third-order valence-corrected chi connectivity index (χ3v) is 7.50. The van der Waals surface area contributed by atoms with E-state index < -0.39 is 0 Å². The first-order valence-corrected chi connectivity index (χ1v) is 10.0. The van der Waals surface area contributed by atoms with Crippen LogP contribution in [-0.4, -0.2) is 35.8 Å². The number of fused-ring (bicyclic) bond motifs is 3. The highest BCUT2D eigenvalue weighted by atomic mass is 16.6. The smallest absolute Gasteiger partial charge is 0.310 e. The fourth-order valence-electron chi connectivity index (χ4n) is 6.06. The fraction of sp³-hybridized carbons (Fsp3) is 0.714. The lowest BCUT2D eigenvalue weighted by Crippen LogP contribution is -2.51. The Morgan fingerprint density at radius 1 is 1.38 bits per heavy atom. The minimum Gasteiger partial charge on any atom is -0.462 e. The van der Waals surface area contributed by atoms with Crippen LogP contribution in [0.3, 0.4) is 0 Å². The highest BCUT2D eigenvalue weighted by Crippen LogP contribution is 2.62. The van der Waals surface area contributed by atoms with E-state index in [1.165, 1.54) is 19.3 Å². The zero-order chi connectivity index (χ0) is 17.8. The SMILES string of the molecule is C[C@]12CCC[C@]3(CO3)[C@@H]1C[C@@H]1[C@@H](C2)OC(=O)[C@@H]1CNCc1cccnc1. The summed E-state index contributed by atoms with van der Waals surface area (Å²) in [5.41, 5.74) is 1.54. The summed E-state index contributed by atoms with van der Waals surface area (Å²) < 4.78 is 11.8. The van der Waals surface area contributed by atoms with Crippen molar-refractivity contribution < 1.29 is 14.3 Å². The van der Waals surface area contributed by atoms with Crippen molar-refractivity contribution in [3.63, 3.8) is 0 Å². The van der Waals surface area contributed by atoms with Crippen LogP contribution < -0.4 is 5.32 Å². The average molecular weight is 356 g/mol. The normalized spacial score (nSPS) is 43.7. The lowest BCUT2D eigenvalue weighted by Gasteiger charge is -2.51. The van der Waals surface area contributed by atoms with Gasteiger partial charge >= 0.3 is 5.97 Å². The molecular weight excluding hydrogens is 328 g/mol. The number of rotatable bonds is 4. The standard InChI is InChI=1S/C21H28N2O3/c1-20-5-3-6-21(13-25-21)18(20)8-15-16(19(24)26-17(15)9-20)12-23-11-14-4-2-7-22-10-14/h2,4,7,10,15-18,23H,3,5-6,8-9,11-13H2,1H3/t15-,16+,17+,18+,20+,21-/m0/s1. The van der Waals surface area contributed by atoms with Gasteiger partial charge in [-0.15, -0.1) is 0 Å². The third kappa shape index (κ3) is 2.67. The van der Waals surface area contributed by atoms with Crippen molar-refractivity contribution in [1.29, 1.82) is 0 Å². The molecule has 5 heteroatoms. The Bertz CT molecular complexity index is 690. The van der Waals surface area contributed by atoms with Gasteiger partial charge in [-0.3, -0.25) is 9.78 Å². The summed E-state index contributed by atoms with van der Waals surface area (Å²) in [6.45, 7) is 4.75. The quantitative estimate of drug-likeness (QED) is 0.664. The molecule has 2 aliphatic heterocycles. The van der Waals surface area contributed by atoms with E-state index in [0.29, 0.717) is 18.4 Å². The van der Waals surface area contributed by atoms with Crippen molar-refractivity contribution in [2.45, 2.75) is 57.3 Å². The molecule has 0 radical (unpaired) electrons. The first kappa shape index (κ1) is 16.7. The Morgan fingerprint density at radius 2 is 2.27 bits per heavy atom. The van der Waals surface area contributed by atoms with Crippen LogP contribution in [0.2, 0.25) is 0 Å². The molecule has 1 aromatic rings. The molecule has 0 bridgehead atoms. The van der Waals surface area contributed by atoms with Crippen LogP contribution >= 0.6 is 0 Å². The van der Waals surface area contributed by atoms with E-state index in [1.807, 2.05) is 12.3 Å². The molecule has 6 atom stereocenters. The molecule has 2 saturated heterocycles. The van der Waals surface area contributed by atoms with Crippen LogP contribution in [0.25, 0.3) is 0 Å². The molecule has 140 valence electrons. The average Bonchev–Trinajstić information content (AvgIpc) is 3.33. The first-order chi connectivity index (χ1) is 12.6. The highest BCUT2D eigenvalue weighted by Gasteiger charge is 2.64. The number of pyridine rings is 1. The molecule has 4 aliphatic rings. The summed E-state index contributed by atoms with van der Waals surface area (Å²) in [7, 11) is 0. The predicted octanol–water partition coefficient (Wildman–Crippen LogP) is 2.70. The number of carbonyl (C=O) groups excluding carboxylic acids is 1. The Balaban J connectivity index is 1.28. The van der Waals surface area contributed by atoms with Crippen LogP contribution in [0.5, 0.6) is 0 Å². The van der Waals surface area contributed by atoms with Gasteiger partial charge in [0, 0.05) is 31.4 Å². The van der Waals surface area contributed by atoms with Crippen LogP contribution in [0.15, 0.2) is 24.5 Å². The summed E-state index contributed by atoms with van der Waals surface area (Å²) in [5, 5.41) is 3.45. The van der Waals surface area contributed by atoms with Crippen molar-refractivity contribution in [2.75, 3.05) is 13.2 Å². The molecular formula is C21H28N2O3. The maximum atomic E-state index is 12.6. The minimum atomic E-state index is -0.0288. The van der Waals surface area contributed by atoms with Gasteiger partial charge in [0.2, 0.25) is 0 Å². The molecule has 2 saturated carbocycles. The number of hydrogen-bond donors (Lipinski definition) is 1. The molecule has 1 N–H and O–H groups in total. The molecule has 4 fully saturated rings. The number of nitrogens with one attached hydrogen (secondary N) is 1. The molecule has 0 unspecified atom stereocenters. The zero-order valence-electron chi connectivity index (χ0n) is 15.4. The molecule has 26 heavy (non-hydrogen) atoms. The van der Waals surface area contributed by atoms with Crippen LogP contribution in [0.1, 0.15) is 44.6 Å². The van der Waals surface area contributed by atoms with Gasteiger partial charge in [-0.2, -0.15) is 0 Å². The lowest BCUT2D eigenvalue weighted by atomic mass is 9.53. The van der Waals surface area contributed by atoms with Gasteiger partial charge in [0.25, 0.3) is 0 Å². The van der Waals surface area contributed by atoms with Crippen molar-refractivity contribution in [3.05, 3.63) is 30.1 Å². The molecule has 0 aromatic carbocycles. The number of hydrogen-bond acceptors (Lipinski definition) is 5. The number of ether oxygens (including phenoxy) is 2. The minimum absolute atomic E-state index is 0.00769. The van der Waals surface area contributed by atoms with Crippen LogP contribution in [0.4, 0.5) is 0 Å². The maximum Gasteiger partial charge on any atom is 0.310 e. The number of esters is 1. The van der Waals surface area contributed by atoms with Crippen molar-refractivity contribution >= 4 is 5.97 Å². The summed E-state index contributed by atoms with van der Waals surface area (Å²) in [6.07, 6.45) is 9.52. The highest BCUT2D eigenvalue weighted by molar-refractivity contribution is 5.75. The predicted molar refractivity (Wildman–Crippen MR) is 96.2 cm³/mol. The van der Waals surface area contributed by atoms with E-state index in [4.69, 9.17) is 9.47 Å². The Labute approximate surface area is 154 Å². The van der Waals surface area contributed by atoms with Gasteiger partial charge in [0.15, 0.2) is 0 Å². The van der Waals surface area contributed by atoms with E-state index >= 15 is 0 Å². The second kappa shape index (κ2) is 6.03. The van der Waals surface area contributed by atoms with Gasteiger partial charge in [-0.05, 0) is 55.1 Å². The fourth-order valence-corrected chi connectivity index (χ4v) is 6.06. The molecule has 5 rings (SSSR count). The van der Waals surface area contributed by atoms with Gasteiger partial charge in [0.1, 0.15) is 6.10 Å². The number of carbonyl (C=O) groups is 1. The van der Waals surface area contributed by atoms with E-state index in [0.717, 1.165) is 31.6 Å². The zero-order valence-corrected chi connectivity index (χ0v) is 15.4. The van der Waals surface area contributed by atoms with E-state index in [1.54, 1.807) is 6.20 Å². The van der Waals surface area contributed by atoms with Gasteiger partial charge < -0.3 is 14.8 Å². The summed E-state index contributed by atoms with van der Waals surface area (Å²) in [5.74, 6) is 0.882. The molecule has 1 aromatic heterocycles. The summed E-state index contributed by atoms with van der Waals surface area (Å²) in [4.78, 5) is 16.7. The van der Waals surface area contributed by atoms with Crippen molar-refractivity contribution in [1.82, 2.24) is 10.3 Å². The van der Waals surface area contributed by atoms with E-state index in [2.05, 4.69) is 23.3 Å². The Morgan fingerprint density at radius 3 is 3.04 bits per heavy atom. The lowest BCUT2D eigenvalue weighted by molar-refractivity contribution is -0.147. The Hall–Kier alpha value is -1.46. The Kier molecular flexibility index (Phi) is 3.87.